The average molecular weight is 197 g/mol. The molecule has 0 aromatic carbocycles. The molecule has 1 fully saturated rings. The topological polar surface area (TPSA) is 12.0 Å². The molecule has 1 N–H and O–H groups in total. The first-order chi connectivity index (χ1) is 6.88. The molecule has 1 rings (SSSR count). The number of hydrogen-bond acceptors (Lipinski definition) is 1. The van der Waals surface area contributed by atoms with Crippen molar-refractivity contribution in [3.8, 4) is 0 Å². The van der Waals surface area contributed by atoms with Crippen LogP contribution in [0.25, 0.3) is 0 Å². The van der Waals surface area contributed by atoms with Gasteiger partial charge in [-0.3, -0.25) is 0 Å². The molecule has 1 aliphatic rings. The molecule has 14 heavy (non-hydrogen) atoms. The largest absolute Gasteiger partial charge is 0.314 e. The third-order valence-electron chi connectivity index (χ3n) is 3.51. The summed E-state index contributed by atoms with van der Waals surface area (Å²) in [5.41, 5.74) is 0. The molecule has 1 nitrogen and oxygen atoms in total. The Morgan fingerprint density at radius 3 is 2.43 bits per heavy atom. The quantitative estimate of drug-likeness (QED) is 0.613. The Morgan fingerprint density at radius 2 is 1.86 bits per heavy atom. The van der Waals surface area contributed by atoms with Crippen LogP contribution in [0.1, 0.15) is 65.2 Å². The minimum atomic E-state index is 0.828. The number of nitrogens with one attached hydrogen (secondary N) is 1. The molecule has 0 spiro atoms. The highest BCUT2D eigenvalue weighted by Crippen LogP contribution is 2.29. The molecule has 1 aliphatic carbocycles. The van der Waals surface area contributed by atoms with Crippen LogP contribution < -0.4 is 5.32 Å². The zero-order valence-electron chi connectivity index (χ0n) is 10.0. The van der Waals surface area contributed by atoms with E-state index in [9.17, 15) is 0 Å². The lowest BCUT2D eigenvalue weighted by Crippen LogP contribution is -2.35. The van der Waals surface area contributed by atoms with Gasteiger partial charge >= 0.3 is 0 Å². The fourth-order valence-corrected chi connectivity index (χ4v) is 2.64. The third-order valence-corrected chi connectivity index (χ3v) is 3.51. The summed E-state index contributed by atoms with van der Waals surface area (Å²) in [6.07, 6.45) is 11.3. The van der Waals surface area contributed by atoms with E-state index < -0.39 is 0 Å². The van der Waals surface area contributed by atoms with Crippen LogP contribution >= 0.6 is 0 Å². The van der Waals surface area contributed by atoms with Crippen LogP contribution in [0.4, 0.5) is 0 Å². The molecule has 0 amide bonds. The second-order valence-electron chi connectivity index (χ2n) is 4.75. The minimum Gasteiger partial charge on any atom is -0.314 e. The second kappa shape index (κ2) is 7.28. The van der Waals surface area contributed by atoms with E-state index in [-0.39, 0.29) is 0 Å². The predicted molar refractivity (Wildman–Crippen MR) is 63.6 cm³/mol. The lowest BCUT2D eigenvalue weighted by molar-refractivity contribution is 0.336. The Balaban J connectivity index is 2.22. The predicted octanol–water partition coefficient (Wildman–Crippen LogP) is 3.74. The Labute approximate surface area is 89.7 Å². The van der Waals surface area contributed by atoms with Crippen LogP contribution in [-0.4, -0.2) is 12.6 Å². The summed E-state index contributed by atoms with van der Waals surface area (Å²) in [6, 6.07) is 0.828. The van der Waals surface area contributed by atoms with Gasteiger partial charge in [-0.2, -0.15) is 0 Å². The summed E-state index contributed by atoms with van der Waals surface area (Å²) in [5, 5.41) is 3.76. The van der Waals surface area contributed by atoms with E-state index in [2.05, 4.69) is 19.2 Å². The van der Waals surface area contributed by atoms with Gasteiger partial charge in [0, 0.05) is 6.04 Å². The monoisotopic (exact) mass is 197 g/mol. The SMILES string of the molecule is CCCCNC(CCC)C1CCCC1. The van der Waals surface area contributed by atoms with Crippen molar-refractivity contribution in [1.29, 1.82) is 0 Å². The number of hydrogen-bond donors (Lipinski definition) is 1. The van der Waals surface area contributed by atoms with E-state index >= 15 is 0 Å². The Bertz CT molecular complexity index is 127. The summed E-state index contributed by atoms with van der Waals surface area (Å²) in [4.78, 5) is 0. The van der Waals surface area contributed by atoms with Gasteiger partial charge in [0.05, 0.1) is 0 Å². The molecule has 0 aromatic rings. The molecule has 1 saturated carbocycles. The number of unbranched alkanes of at least 4 members (excludes halogenated alkanes) is 1. The Hall–Kier alpha value is -0.0400. The van der Waals surface area contributed by atoms with Crippen molar-refractivity contribution in [3.63, 3.8) is 0 Å². The maximum absolute atomic E-state index is 3.76. The normalized spacial score (nSPS) is 20.1. The van der Waals surface area contributed by atoms with Gasteiger partial charge in [-0.25, -0.2) is 0 Å². The van der Waals surface area contributed by atoms with E-state index in [4.69, 9.17) is 0 Å². The summed E-state index contributed by atoms with van der Waals surface area (Å²) in [5.74, 6) is 0.992. The minimum absolute atomic E-state index is 0.828. The Kier molecular flexibility index (Phi) is 6.25. The maximum atomic E-state index is 3.76. The van der Waals surface area contributed by atoms with Gasteiger partial charge in [0.25, 0.3) is 0 Å². The third kappa shape index (κ3) is 4.00. The van der Waals surface area contributed by atoms with Gasteiger partial charge in [0.2, 0.25) is 0 Å². The van der Waals surface area contributed by atoms with Crippen molar-refractivity contribution in [3.05, 3.63) is 0 Å². The summed E-state index contributed by atoms with van der Waals surface area (Å²) >= 11 is 0. The van der Waals surface area contributed by atoms with Crippen molar-refractivity contribution in [2.45, 2.75) is 71.3 Å². The fourth-order valence-electron chi connectivity index (χ4n) is 2.64. The molecular formula is C13H27N. The van der Waals surface area contributed by atoms with Gasteiger partial charge in [-0.05, 0) is 38.1 Å². The highest BCUT2D eigenvalue weighted by Gasteiger charge is 2.23. The van der Waals surface area contributed by atoms with Crippen molar-refractivity contribution in [1.82, 2.24) is 5.32 Å². The smallest absolute Gasteiger partial charge is 0.00952 e. The molecule has 0 heterocycles. The zero-order chi connectivity index (χ0) is 10.2. The van der Waals surface area contributed by atoms with Crippen LogP contribution in [0.15, 0.2) is 0 Å². The first-order valence-corrected chi connectivity index (χ1v) is 6.61. The van der Waals surface area contributed by atoms with Crippen molar-refractivity contribution in [2.75, 3.05) is 6.54 Å². The van der Waals surface area contributed by atoms with Gasteiger partial charge in [-0.1, -0.05) is 39.5 Å². The summed E-state index contributed by atoms with van der Waals surface area (Å²) in [7, 11) is 0. The van der Waals surface area contributed by atoms with Gasteiger partial charge in [0.15, 0.2) is 0 Å². The lowest BCUT2D eigenvalue weighted by atomic mass is 9.94. The molecular weight excluding hydrogens is 170 g/mol. The molecule has 1 atom stereocenters. The Morgan fingerprint density at radius 1 is 1.14 bits per heavy atom. The first-order valence-electron chi connectivity index (χ1n) is 6.61. The second-order valence-corrected chi connectivity index (χ2v) is 4.75. The van der Waals surface area contributed by atoms with Crippen LogP contribution in [0.5, 0.6) is 0 Å². The maximum Gasteiger partial charge on any atom is 0.00952 e. The van der Waals surface area contributed by atoms with Crippen LogP contribution in [0.3, 0.4) is 0 Å². The molecule has 0 saturated heterocycles. The first kappa shape index (κ1) is 12.0. The van der Waals surface area contributed by atoms with E-state index in [1.54, 1.807) is 0 Å². The molecule has 0 aromatic heterocycles. The van der Waals surface area contributed by atoms with E-state index in [0.717, 1.165) is 12.0 Å². The summed E-state index contributed by atoms with van der Waals surface area (Å²) in [6.45, 7) is 5.81. The highest BCUT2D eigenvalue weighted by molar-refractivity contribution is 4.80. The van der Waals surface area contributed by atoms with Crippen molar-refractivity contribution in [2.24, 2.45) is 5.92 Å². The average Bonchev–Trinajstić information content (AvgIpc) is 2.70. The van der Waals surface area contributed by atoms with Crippen LogP contribution in [-0.2, 0) is 0 Å². The molecule has 0 bridgehead atoms. The molecule has 1 unspecified atom stereocenters. The van der Waals surface area contributed by atoms with E-state index in [0.29, 0.717) is 0 Å². The fraction of sp³-hybridized carbons (Fsp3) is 1.00. The van der Waals surface area contributed by atoms with Crippen LogP contribution in [0, 0.1) is 5.92 Å². The molecule has 0 aliphatic heterocycles. The zero-order valence-corrected chi connectivity index (χ0v) is 10.0. The van der Waals surface area contributed by atoms with Gasteiger partial charge < -0.3 is 5.32 Å². The van der Waals surface area contributed by atoms with Gasteiger partial charge in [0.1, 0.15) is 0 Å². The van der Waals surface area contributed by atoms with E-state index in [1.165, 1.54) is 57.9 Å². The highest BCUT2D eigenvalue weighted by atomic mass is 14.9. The standard InChI is InChI=1S/C13H27N/c1-3-5-11-14-13(8-4-2)12-9-6-7-10-12/h12-14H,3-11H2,1-2H3. The lowest BCUT2D eigenvalue weighted by Gasteiger charge is -2.24. The van der Waals surface area contributed by atoms with Crippen LogP contribution in [0.2, 0.25) is 0 Å². The van der Waals surface area contributed by atoms with Crippen molar-refractivity contribution < 1.29 is 0 Å². The summed E-state index contributed by atoms with van der Waals surface area (Å²) < 4.78 is 0. The van der Waals surface area contributed by atoms with Gasteiger partial charge in [-0.15, -0.1) is 0 Å². The molecule has 84 valence electrons. The van der Waals surface area contributed by atoms with E-state index in [1.807, 2.05) is 0 Å². The number of rotatable bonds is 7. The molecule has 0 radical (unpaired) electrons. The molecule has 1 heteroatoms. The van der Waals surface area contributed by atoms with Crippen molar-refractivity contribution >= 4 is 0 Å².